The van der Waals surface area contributed by atoms with Crippen molar-refractivity contribution in [1.29, 1.82) is 0 Å². The maximum Gasteiger partial charge on any atom is 0.291 e. The molecule has 0 saturated carbocycles. The summed E-state index contributed by atoms with van der Waals surface area (Å²) in [6, 6.07) is 14.2. The number of para-hydroxylation sites is 1. The molecule has 1 fully saturated rings. The van der Waals surface area contributed by atoms with Gasteiger partial charge in [0.15, 0.2) is 0 Å². The minimum Gasteiger partial charge on any atom is -0.354 e. The Bertz CT molecular complexity index is 1450. The van der Waals surface area contributed by atoms with Gasteiger partial charge in [-0.2, -0.15) is 5.10 Å². The van der Waals surface area contributed by atoms with Crippen molar-refractivity contribution in [3.63, 3.8) is 0 Å². The number of aromatic nitrogens is 3. The van der Waals surface area contributed by atoms with Crippen LogP contribution in [0.3, 0.4) is 0 Å². The summed E-state index contributed by atoms with van der Waals surface area (Å²) in [6.07, 6.45) is 4.17. The number of aryl methyl sites for hydroxylation is 1. The molecule has 188 valence electrons. The standard InChI is InChI=1S/C28H32FN5O2/c1-3-24(34-25-11-7-5-9-21(25)22-17-31-32(2)28(36)26(22)34)27(35)30-16-19-12-14-33(15-13-19)18-20-8-4-6-10-23(20)29/h4-11,17,19,24H,3,12-16,18H2,1-2H3,(H,30,35)/t24-/m0/s1. The number of fused-ring (bicyclic) bond motifs is 3. The topological polar surface area (TPSA) is 72.2 Å². The molecular weight excluding hydrogens is 457 g/mol. The Morgan fingerprint density at radius 1 is 1.11 bits per heavy atom. The van der Waals surface area contributed by atoms with E-state index in [0.29, 0.717) is 30.9 Å². The minimum atomic E-state index is -0.497. The lowest BCUT2D eigenvalue weighted by Gasteiger charge is -2.32. The molecule has 2 aromatic carbocycles. The molecule has 0 spiro atoms. The highest BCUT2D eigenvalue weighted by atomic mass is 19.1. The summed E-state index contributed by atoms with van der Waals surface area (Å²) in [7, 11) is 1.63. The molecule has 0 bridgehead atoms. The first-order valence-corrected chi connectivity index (χ1v) is 12.7. The van der Waals surface area contributed by atoms with Crippen molar-refractivity contribution in [1.82, 2.24) is 24.6 Å². The molecule has 4 aromatic rings. The van der Waals surface area contributed by atoms with E-state index in [-0.39, 0.29) is 17.3 Å². The van der Waals surface area contributed by atoms with Crippen LogP contribution in [-0.2, 0) is 18.4 Å². The average molecular weight is 490 g/mol. The Kier molecular flexibility index (Phi) is 6.87. The third-order valence-corrected chi connectivity index (χ3v) is 7.43. The first-order valence-electron chi connectivity index (χ1n) is 12.7. The largest absolute Gasteiger partial charge is 0.354 e. The quantitative estimate of drug-likeness (QED) is 0.426. The fourth-order valence-corrected chi connectivity index (χ4v) is 5.38. The van der Waals surface area contributed by atoms with E-state index >= 15 is 0 Å². The SMILES string of the molecule is CC[C@@H](C(=O)NCC1CCN(Cc2ccccc2F)CC1)n1c2ccccc2c2cnn(C)c(=O)c21. The maximum absolute atomic E-state index is 14.0. The van der Waals surface area contributed by atoms with Gasteiger partial charge in [0.25, 0.3) is 5.56 Å². The fraction of sp³-hybridized carbons (Fsp3) is 0.393. The molecule has 0 unspecified atom stereocenters. The molecule has 1 saturated heterocycles. The highest BCUT2D eigenvalue weighted by Gasteiger charge is 2.27. The Hall–Kier alpha value is -3.52. The number of nitrogens with zero attached hydrogens (tertiary/aromatic N) is 4. The van der Waals surface area contributed by atoms with Crippen LogP contribution in [0.5, 0.6) is 0 Å². The van der Waals surface area contributed by atoms with E-state index in [1.54, 1.807) is 19.3 Å². The molecule has 8 heteroatoms. The van der Waals surface area contributed by atoms with Crippen LogP contribution in [0.2, 0.25) is 0 Å². The molecule has 1 N–H and O–H groups in total. The van der Waals surface area contributed by atoms with Gasteiger partial charge in [-0.15, -0.1) is 0 Å². The minimum absolute atomic E-state index is 0.0761. The molecule has 1 aliphatic heterocycles. The molecular formula is C28H32FN5O2. The maximum atomic E-state index is 14.0. The molecule has 1 aliphatic rings. The molecule has 1 amide bonds. The number of hydrogen-bond acceptors (Lipinski definition) is 4. The average Bonchev–Trinajstić information content (AvgIpc) is 3.22. The zero-order chi connectivity index (χ0) is 25.2. The van der Waals surface area contributed by atoms with Crippen LogP contribution in [0.4, 0.5) is 4.39 Å². The molecule has 2 aromatic heterocycles. The summed E-state index contributed by atoms with van der Waals surface area (Å²) in [5, 5.41) is 9.05. The van der Waals surface area contributed by atoms with E-state index in [1.165, 1.54) is 10.7 Å². The number of likely N-dealkylation sites (tertiary alicyclic amines) is 1. The van der Waals surface area contributed by atoms with Crippen molar-refractivity contribution in [2.24, 2.45) is 13.0 Å². The van der Waals surface area contributed by atoms with Crippen molar-refractivity contribution in [2.75, 3.05) is 19.6 Å². The predicted molar refractivity (Wildman–Crippen MR) is 139 cm³/mol. The number of carbonyl (C=O) groups excluding carboxylic acids is 1. The number of nitrogens with one attached hydrogen (secondary N) is 1. The van der Waals surface area contributed by atoms with Gasteiger partial charge >= 0.3 is 0 Å². The van der Waals surface area contributed by atoms with E-state index in [9.17, 15) is 14.0 Å². The van der Waals surface area contributed by atoms with Crippen molar-refractivity contribution < 1.29 is 9.18 Å². The first kappa shape index (κ1) is 24.2. The Labute approximate surface area is 209 Å². The van der Waals surface area contributed by atoms with E-state index in [4.69, 9.17) is 0 Å². The van der Waals surface area contributed by atoms with Gasteiger partial charge in [-0.1, -0.05) is 43.3 Å². The van der Waals surface area contributed by atoms with Gasteiger partial charge in [-0.25, -0.2) is 9.07 Å². The van der Waals surface area contributed by atoms with Gasteiger partial charge in [0.1, 0.15) is 17.4 Å². The number of halogens is 1. The number of piperidine rings is 1. The molecule has 1 atom stereocenters. The summed E-state index contributed by atoms with van der Waals surface area (Å²) in [4.78, 5) is 28.8. The van der Waals surface area contributed by atoms with Gasteiger partial charge in [0.2, 0.25) is 5.91 Å². The second-order valence-corrected chi connectivity index (χ2v) is 9.70. The number of rotatable bonds is 7. The number of carbonyl (C=O) groups is 1. The normalized spacial score (nSPS) is 16.0. The van der Waals surface area contributed by atoms with E-state index in [0.717, 1.165) is 47.8 Å². The fourth-order valence-electron chi connectivity index (χ4n) is 5.38. The third kappa shape index (κ3) is 4.53. The van der Waals surface area contributed by atoms with E-state index < -0.39 is 6.04 Å². The molecule has 36 heavy (non-hydrogen) atoms. The monoisotopic (exact) mass is 489 g/mol. The van der Waals surface area contributed by atoms with Gasteiger partial charge in [0.05, 0.1) is 11.7 Å². The van der Waals surface area contributed by atoms with Crippen molar-refractivity contribution in [3.05, 3.63) is 76.5 Å². The lowest BCUT2D eigenvalue weighted by atomic mass is 9.96. The van der Waals surface area contributed by atoms with E-state index in [1.807, 2.05) is 47.9 Å². The van der Waals surface area contributed by atoms with Crippen molar-refractivity contribution in [2.45, 2.75) is 38.8 Å². The molecule has 0 radical (unpaired) electrons. The number of amides is 1. The highest BCUT2D eigenvalue weighted by Crippen LogP contribution is 2.31. The molecule has 7 nitrogen and oxygen atoms in total. The van der Waals surface area contributed by atoms with Crippen molar-refractivity contribution >= 4 is 27.7 Å². The Morgan fingerprint density at radius 2 is 1.83 bits per heavy atom. The van der Waals surface area contributed by atoms with Gasteiger partial charge in [0, 0.05) is 36.5 Å². The van der Waals surface area contributed by atoms with Crippen LogP contribution in [0.25, 0.3) is 21.8 Å². The van der Waals surface area contributed by atoms with Crippen LogP contribution < -0.4 is 10.9 Å². The molecule has 3 heterocycles. The Balaban J connectivity index is 1.28. The second kappa shape index (κ2) is 10.2. The Morgan fingerprint density at radius 3 is 2.58 bits per heavy atom. The van der Waals surface area contributed by atoms with Crippen molar-refractivity contribution in [3.8, 4) is 0 Å². The summed E-state index contributed by atoms with van der Waals surface area (Å²) in [6.45, 7) is 4.93. The lowest BCUT2D eigenvalue weighted by Crippen LogP contribution is -2.40. The first-order chi connectivity index (χ1) is 17.5. The molecule has 0 aliphatic carbocycles. The molecule has 5 rings (SSSR count). The lowest BCUT2D eigenvalue weighted by molar-refractivity contribution is -0.124. The third-order valence-electron chi connectivity index (χ3n) is 7.43. The van der Waals surface area contributed by atoms with E-state index in [2.05, 4.69) is 15.3 Å². The van der Waals surface area contributed by atoms with Gasteiger partial charge in [-0.05, 0) is 50.4 Å². The summed E-state index contributed by atoms with van der Waals surface area (Å²) >= 11 is 0. The zero-order valence-corrected chi connectivity index (χ0v) is 20.8. The zero-order valence-electron chi connectivity index (χ0n) is 20.8. The second-order valence-electron chi connectivity index (χ2n) is 9.70. The summed E-state index contributed by atoms with van der Waals surface area (Å²) < 4.78 is 17.2. The van der Waals surface area contributed by atoms with Crippen LogP contribution in [0.1, 0.15) is 37.8 Å². The van der Waals surface area contributed by atoms with Crippen LogP contribution in [-0.4, -0.2) is 44.8 Å². The number of hydrogen-bond donors (Lipinski definition) is 1. The smallest absolute Gasteiger partial charge is 0.291 e. The summed E-state index contributed by atoms with van der Waals surface area (Å²) in [5.41, 5.74) is 1.89. The van der Waals surface area contributed by atoms with Crippen LogP contribution in [0, 0.1) is 11.7 Å². The predicted octanol–water partition coefficient (Wildman–Crippen LogP) is 4.01. The van der Waals surface area contributed by atoms with Crippen LogP contribution in [0.15, 0.2) is 59.5 Å². The highest BCUT2D eigenvalue weighted by molar-refractivity contribution is 6.08. The van der Waals surface area contributed by atoms with Crippen LogP contribution >= 0.6 is 0 Å². The van der Waals surface area contributed by atoms with Gasteiger partial charge in [-0.3, -0.25) is 14.5 Å². The summed E-state index contributed by atoms with van der Waals surface area (Å²) in [5.74, 6) is 0.138. The van der Waals surface area contributed by atoms with Gasteiger partial charge < -0.3 is 9.88 Å². The number of benzene rings is 2.